The summed E-state index contributed by atoms with van der Waals surface area (Å²) in [5.74, 6) is 1.29. The van der Waals surface area contributed by atoms with Crippen LogP contribution in [0.5, 0.6) is 0 Å². The van der Waals surface area contributed by atoms with Gasteiger partial charge >= 0.3 is 0 Å². The predicted molar refractivity (Wildman–Crippen MR) is 60.6 cm³/mol. The third-order valence-corrected chi connectivity index (χ3v) is 4.14. The summed E-state index contributed by atoms with van der Waals surface area (Å²) in [6.45, 7) is 2.85. The molecule has 1 N–H and O–H groups in total. The van der Waals surface area contributed by atoms with Crippen LogP contribution in [0.1, 0.15) is 32.6 Å². The van der Waals surface area contributed by atoms with Gasteiger partial charge in [-0.25, -0.2) is 0 Å². The Morgan fingerprint density at radius 2 is 2.14 bits per heavy atom. The topological polar surface area (TPSA) is 29.1 Å². The molecule has 4 atom stereocenters. The first-order valence-electron chi connectivity index (χ1n) is 5.61. The summed E-state index contributed by atoms with van der Waals surface area (Å²) in [4.78, 5) is 11.9. The third-order valence-electron chi connectivity index (χ3n) is 3.69. The average molecular weight is 260 g/mol. The van der Waals surface area contributed by atoms with Crippen LogP contribution in [0.3, 0.4) is 0 Å². The molecule has 14 heavy (non-hydrogen) atoms. The van der Waals surface area contributed by atoms with Gasteiger partial charge in [0.15, 0.2) is 5.78 Å². The van der Waals surface area contributed by atoms with Crippen molar-refractivity contribution >= 4 is 21.7 Å². The number of carbonyl (C=O) groups excluding carboxylic acids is 1. The molecule has 0 aromatic rings. The van der Waals surface area contributed by atoms with Crippen molar-refractivity contribution in [2.45, 2.75) is 43.5 Å². The number of alkyl halides is 1. The van der Waals surface area contributed by atoms with E-state index in [-0.39, 0.29) is 10.7 Å². The minimum absolute atomic E-state index is 0.0231. The second-order valence-electron chi connectivity index (χ2n) is 4.59. The van der Waals surface area contributed by atoms with Gasteiger partial charge in [0, 0.05) is 18.5 Å². The van der Waals surface area contributed by atoms with Crippen molar-refractivity contribution < 1.29 is 4.79 Å². The first kappa shape index (κ1) is 10.6. The summed E-state index contributed by atoms with van der Waals surface area (Å²) >= 11 is 3.39. The summed E-state index contributed by atoms with van der Waals surface area (Å²) in [6.07, 6.45) is 5.15. The van der Waals surface area contributed by atoms with Crippen molar-refractivity contribution in [1.29, 1.82) is 0 Å². The van der Waals surface area contributed by atoms with Gasteiger partial charge in [-0.1, -0.05) is 28.8 Å². The Bertz CT molecular complexity index is 229. The Morgan fingerprint density at radius 3 is 2.86 bits per heavy atom. The van der Waals surface area contributed by atoms with E-state index < -0.39 is 0 Å². The molecule has 0 aromatic heterocycles. The van der Waals surface area contributed by atoms with Crippen LogP contribution in [0.25, 0.3) is 0 Å². The van der Waals surface area contributed by atoms with Crippen LogP contribution in [0.15, 0.2) is 0 Å². The molecule has 1 saturated heterocycles. The van der Waals surface area contributed by atoms with Crippen molar-refractivity contribution in [2.24, 2.45) is 11.8 Å². The summed E-state index contributed by atoms with van der Waals surface area (Å²) in [5.41, 5.74) is 0. The number of hydrogen-bond acceptors (Lipinski definition) is 2. The van der Waals surface area contributed by atoms with E-state index in [4.69, 9.17) is 0 Å². The largest absolute Gasteiger partial charge is 0.313 e. The Kier molecular flexibility index (Phi) is 3.27. The van der Waals surface area contributed by atoms with E-state index in [1.807, 2.05) is 6.92 Å². The Balaban J connectivity index is 2.03. The van der Waals surface area contributed by atoms with Crippen LogP contribution in [0.2, 0.25) is 0 Å². The molecule has 1 aliphatic heterocycles. The highest BCUT2D eigenvalue weighted by Gasteiger charge is 2.41. The van der Waals surface area contributed by atoms with E-state index in [1.54, 1.807) is 0 Å². The van der Waals surface area contributed by atoms with Gasteiger partial charge in [-0.2, -0.15) is 0 Å². The van der Waals surface area contributed by atoms with E-state index in [0.29, 0.717) is 17.7 Å². The maximum absolute atomic E-state index is 11.9. The lowest BCUT2D eigenvalue weighted by Gasteiger charge is -2.28. The maximum atomic E-state index is 11.9. The summed E-state index contributed by atoms with van der Waals surface area (Å²) in [7, 11) is 0. The van der Waals surface area contributed by atoms with Crippen molar-refractivity contribution in [3.05, 3.63) is 0 Å². The lowest BCUT2D eigenvalue weighted by atomic mass is 9.78. The van der Waals surface area contributed by atoms with Gasteiger partial charge < -0.3 is 5.32 Å². The molecule has 0 spiro atoms. The lowest BCUT2D eigenvalue weighted by Crippen LogP contribution is -2.33. The molecule has 2 fully saturated rings. The standard InChI is InChI=1S/C11H18BrNO/c1-7(12)11(14)9-6-13-10-5-3-2-4-8(9)10/h7-10,13H,2-6H2,1H3. The Morgan fingerprint density at radius 1 is 1.43 bits per heavy atom. The first-order valence-corrected chi connectivity index (χ1v) is 6.53. The molecule has 2 rings (SSSR count). The monoisotopic (exact) mass is 259 g/mol. The first-order chi connectivity index (χ1) is 6.70. The van der Waals surface area contributed by atoms with Gasteiger partial charge in [0.1, 0.15) is 0 Å². The zero-order valence-electron chi connectivity index (χ0n) is 8.63. The number of nitrogens with one attached hydrogen (secondary N) is 1. The minimum Gasteiger partial charge on any atom is -0.313 e. The van der Waals surface area contributed by atoms with E-state index in [0.717, 1.165) is 6.54 Å². The van der Waals surface area contributed by atoms with Gasteiger partial charge in [-0.3, -0.25) is 4.79 Å². The quantitative estimate of drug-likeness (QED) is 0.770. The van der Waals surface area contributed by atoms with Crippen LogP contribution in [0, 0.1) is 11.8 Å². The highest BCUT2D eigenvalue weighted by Crippen LogP contribution is 2.35. The van der Waals surface area contributed by atoms with Crippen LogP contribution >= 0.6 is 15.9 Å². The fourth-order valence-electron chi connectivity index (χ4n) is 2.93. The minimum atomic E-state index is 0.0231. The number of Topliss-reactive ketones (excluding diaryl/α,β-unsaturated/α-hetero) is 1. The van der Waals surface area contributed by atoms with Gasteiger partial charge in [0.2, 0.25) is 0 Å². The fraction of sp³-hybridized carbons (Fsp3) is 0.909. The van der Waals surface area contributed by atoms with Gasteiger partial charge in [0.25, 0.3) is 0 Å². The number of ketones is 1. The van der Waals surface area contributed by atoms with E-state index >= 15 is 0 Å². The van der Waals surface area contributed by atoms with Gasteiger partial charge in [-0.05, 0) is 25.7 Å². The molecule has 0 amide bonds. The number of hydrogen-bond donors (Lipinski definition) is 1. The maximum Gasteiger partial charge on any atom is 0.150 e. The molecule has 2 aliphatic rings. The van der Waals surface area contributed by atoms with Crippen LogP contribution in [-0.4, -0.2) is 23.2 Å². The molecule has 0 radical (unpaired) electrons. The number of fused-ring (bicyclic) bond motifs is 1. The zero-order chi connectivity index (χ0) is 10.1. The van der Waals surface area contributed by atoms with E-state index in [1.165, 1.54) is 25.7 Å². The van der Waals surface area contributed by atoms with Gasteiger partial charge in [-0.15, -0.1) is 0 Å². The van der Waals surface area contributed by atoms with Crippen molar-refractivity contribution in [3.8, 4) is 0 Å². The van der Waals surface area contributed by atoms with Crippen LogP contribution in [-0.2, 0) is 4.79 Å². The second kappa shape index (κ2) is 4.31. The molecule has 1 heterocycles. The number of halogens is 1. The molecule has 80 valence electrons. The molecule has 0 aromatic carbocycles. The SMILES string of the molecule is CC(Br)C(=O)C1CNC2CCCCC21. The Labute approximate surface area is 94.0 Å². The van der Waals surface area contributed by atoms with Crippen molar-refractivity contribution in [3.63, 3.8) is 0 Å². The van der Waals surface area contributed by atoms with Crippen LogP contribution < -0.4 is 5.32 Å². The smallest absolute Gasteiger partial charge is 0.150 e. The molecular formula is C11H18BrNO. The highest BCUT2D eigenvalue weighted by molar-refractivity contribution is 9.10. The molecule has 3 heteroatoms. The third kappa shape index (κ3) is 1.89. The second-order valence-corrected chi connectivity index (χ2v) is 5.96. The molecule has 1 saturated carbocycles. The predicted octanol–water partition coefficient (Wildman–Crippen LogP) is 2.12. The van der Waals surface area contributed by atoms with Crippen LogP contribution in [0.4, 0.5) is 0 Å². The van der Waals surface area contributed by atoms with Crippen molar-refractivity contribution in [2.75, 3.05) is 6.54 Å². The van der Waals surface area contributed by atoms with Gasteiger partial charge in [0.05, 0.1) is 4.83 Å². The van der Waals surface area contributed by atoms with E-state index in [2.05, 4.69) is 21.2 Å². The zero-order valence-corrected chi connectivity index (χ0v) is 10.2. The lowest BCUT2D eigenvalue weighted by molar-refractivity contribution is -0.122. The molecule has 2 nitrogen and oxygen atoms in total. The summed E-state index contributed by atoms with van der Waals surface area (Å²) < 4.78 is 0. The molecular weight excluding hydrogens is 242 g/mol. The molecule has 4 unspecified atom stereocenters. The average Bonchev–Trinajstić information content (AvgIpc) is 2.60. The summed E-state index contributed by atoms with van der Waals surface area (Å²) in [6, 6.07) is 0.629. The summed E-state index contributed by atoms with van der Waals surface area (Å²) in [5, 5.41) is 3.50. The van der Waals surface area contributed by atoms with Crippen molar-refractivity contribution in [1.82, 2.24) is 5.32 Å². The molecule has 1 aliphatic carbocycles. The van der Waals surface area contributed by atoms with E-state index in [9.17, 15) is 4.79 Å². The Hall–Kier alpha value is 0.110. The number of rotatable bonds is 2. The normalized spacial score (nSPS) is 39.1. The number of carbonyl (C=O) groups is 1. The fourth-order valence-corrected chi connectivity index (χ4v) is 3.27. The molecule has 0 bridgehead atoms. The highest BCUT2D eigenvalue weighted by atomic mass is 79.9.